The van der Waals surface area contributed by atoms with Crippen molar-refractivity contribution < 1.29 is 5.11 Å². The van der Waals surface area contributed by atoms with Gasteiger partial charge in [0.2, 0.25) is 0 Å². The van der Waals surface area contributed by atoms with Crippen LogP contribution in [0.25, 0.3) is 11.6 Å². The van der Waals surface area contributed by atoms with Gasteiger partial charge in [-0.25, -0.2) is 0 Å². The molecule has 132 valence electrons. The van der Waals surface area contributed by atoms with Crippen molar-refractivity contribution in [1.82, 2.24) is 0 Å². The van der Waals surface area contributed by atoms with Crippen LogP contribution in [0.15, 0.2) is 42.5 Å². The molecule has 0 fully saturated rings. The van der Waals surface area contributed by atoms with Gasteiger partial charge in [0.05, 0.1) is 0 Å². The molecule has 0 spiro atoms. The van der Waals surface area contributed by atoms with Crippen LogP contribution in [-0.2, 0) is 10.8 Å². The van der Waals surface area contributed by atoms with Crippen LogP contribution in [0.4, 0.5) is 0 Å². The average molecular weight is 335 g/mol. The minimum absolute atomic E-state index is 0.234. The van der Waals surface area contributed by atoms with Gasteiger partial charge in [0.1, 0.15) is 5.75 Å². The monoisotopic (exact) mass is 334 g/mol. The summed E-state index contributed by atoms with van der Waals surface area (Å²) in [7, 11) is 0. The van der Waals surface area contributed by atoms with Crippen LogP contribution in [0.3, 0.4) is 0 Å². The number of benzene rings is 2. The molecule has 1 aliphatic carbocycles. The number of phenolic OH excluding ortho intramolecular Hbond substituents is 1. The minimum Gasteiger partial charge on any atom is -0.508 e. The van der Waals surface area contributed by atoms with E-state index in [0.29, 0.717) is 5.75 Å². The van der Waals surface area contributed by atoms with Crippen molar-refractivity contribution in [1.29, 1.82) is 0 Å². The molecule has 0 atom stereocenters. The summed E-state index contributed by atoms with van der Waals surface area (Å²) in [6.07, 6.45) is 5.71. The Balaban J connectivity index is 2.06. The highest BCUT2D eigenvalue weighted by atomic mass is 16.3. The van der Waals surface area contributed by atoms with Gasteiger partial charge in [0, 0.05) is 0 Å². The maximum absolute atomic E-state index is 9.48. The molecule has 0 aliphatic heterocycles. The molecule has 0 unspecified atom stereocenters. The van der Waals surface area contributed by atoms with Gasteiger partial charge in [0.15, 0.2) is 0 Å². The van der Waals surface area contributed by atoms with Crippen molar-refractivity contribution in [2.75, 3.05) is 0 Å². The summed E-state index contributed by atoms with van der Waals surface area (Å²) in [5, 5.41) is 9.48. The second-order valence-corrected chi connectivity index (χ2v) is 8.64. The first kappa shape index (κ1) is 17.8. The molecule has 2 aromatic carbocycles. The first-order valence-electron chi connectivity index (χ1n) is 9.38. The van der Waals surface area contributed by atoms with Crippen molar-refractivity contribution >= 4 is 11.6 Å². The third-order valence-corrected chi connectivity index (χ3v) is 5.84. The molecule has 3 rings (SSSR count). The number of allylic oxidation sites excluding steroid dienone is 1. The van der Waals surface area contributed by atoms with E-state index in [2.05, 4.69) is 58.9 Å². The molecule has 0 amide bonds. The first-order valence-corrected chi connectivity index (χ1v) is 9.38. The first-order chi connectivity index (χ1) is 11.7. The van der Waals surface area contributed by atoms with Gasteiger partial charge in [-0.2, -0.15) is 0 Å². The van der Waals surface area contributed by atoms with E-state index in [0.717, 1.165) is 12.0 Å². The maximum atomic E-state index is 9.48. The highest BCUT2D eigenvalue weighted by Crippen LogP contribution is 2.46. The smallest absolute Gasteiger partial charge is 0.115 e. The Morgan fingerprint density at radius 2 is 1.52 bits per heavy atom. The zero-order valence-electron chi connectivity index (χ0n) is 16.2. The van der Waals surface area contributed by atoms with Crippen LogP contribution in [0.5, 0.6) is 5.75 Å². The van der Waals surface area contributed by atoms with E-state index in [1.807, 2.05) is 12.1 Å². The number of hydrogen-bond acceptors (Lipinski definition) is 1. The molecule has 0 radical (unpaired) electrons. The summed E-state index contributed by atoms with van der Waals surface area (Å²) in [5.74, 6) is 0.313. The van der Waals surface area contributed by atoms with Gasteiger partial charge >= 0.3 is 0 Å². The van der Waals surface area contributed by atoms with Gasteiger partial charge < -0.3 is 5.11 Å². The number of aromatic hydroxyl groups is 1. The standard InChI is InChI=1S/C24H30O/c1-6-18(15-17-7-10-20(25)11-8-17)19-9-12-21-22(16-19)24(4,5)14-13-23(21,2)3/h7-12,15-16,25H,6,13-14H2,1-5H3/b18-15-. The summed E-state index contributed by atoms with van der Waals surface area (Å²) < 4.78 is 0. The van der Waals surface area contributed by atoms with Crippen LogP contribution in [0.2, 0.25) is 0 Å². The molecule has 1 heteroatoms. The molecule has 2 aromatic rings. The summed E-state index contributed by atoms with van der Waals surface area (Å²) in [6, 6.07) is 14.5. The zero-order chi connectivity index (χ0) is 18.2. The van der Waals surface area contributed by atoms with Crippen molar-refractivity contribution in [3.8, 4) is 5.75 Å². The molecule has 1 nitrogen and oxygen atoms in total. The van der Waals surface area contributed by atoms with Crippen molar-refractivity contribution in [2.24, 2.45) is 0 Å². The van der Waals surface area contributed by atoms with Crippen LogP contribution in [0, 0.1) is 0 Å². The molecule has 0 bridgehead atoms. The van der Waals surface area contributed by atoms with Crippen LogP contribution < -0.4 is 0 Å². The number of fused-ring (bicyclic) bond motifs is 1. The molecule has 25 heavy (non-hydrogen) atoms. The third-order valence-electron chi connectivity index (χ3n) is 5.84. The Morgan fingerprint density at radius 3 is 2.12 bits per heavy atom. The number of phenols is 1. The van der Waals surface area contributed by atoms with E-state index in [9.17, 15) is 5.11 Å². The van der Waals surface area contributed by atoms with E-state index in [-0.39, 0.29) is 10.8 Å². The van der Waals surface area contributed by atoms with Crippen LogP contribution in [-0.4, -0.2) is 5.11 Å². The van der Waals surface area contributed by atoms with Crippen LogP contribution in [0.1, 0.15) is 76.1 Å². The lowest BCUT2D eigenvalue weighted by Crippen LogP contribution is -2.33. The third kappa shape index (κ3) is 3.51. The topological polar surface area (TPSA) is 20.2 Å². The van der Waals surface area contributed by atoms with Gasteiger partial charge in [0.25, 0.3) is 0 Å². The fourth-order valence-corrected chi connectivity index (χ4v) is 3.95. The number of rotatable bonds is 3. The van der Waals surface area contributed by atoms with Crippen LogP contribution >= 0.6 is 0 Å². The molecule has 0 aromatic heterocycles. The molecular weight excluding hydrogens is 304 g/mol. The SMILES string of the molecule is CC/C(=C/c1ccc(O)cc1)c1ccc2c(c1)C(C)(C)CCC2(C)C. The minimum atomic E-state index is 0.234. The van der Waals surface area contributed by atoms with E-state index < -0.39 is 0 Å². The van der Waals surface area contributed by atoms with E-state index in [1.165, 1.54) is 35.1 Å². The molecular formula is C24H30O. The molecule has 0 saturated carbocycles. The lowest BCUT2D eigenvalue weighted by atomic mass is 9.63. The normalized spacial score (nSPS) is 18.7. The Morgan fingerprint density at radius 1 is 0.920 bits per heavy atom. The maximum Gasteiger partial charge on any atom is 0.115 e. The molecule has 1 aliphatic rings. The summed E-state index contributed by atoms with van der Waals surface area (Å²) in [6.45, 7) is 11.7. The van der Waals surface area contributed by atoms with E-state index in [1.54, 1.807) is 12.1 Å². The second-order valence-electron chi connectivity index (χ2n) is 8.64. The highest BCUT2D eigenvalue weighted by Gasteiger charge is 2.36. The predicted octanol–water partition coefficient (Wildman–Crippen LogP) is 6.69. The van der Waals surface area contributed by atoms with E-state index >= 15 is 0 Å². The Bertz CT molecular complexity index is 791. The average Bonchev–Trinajstić information content (AvgIpc) is 2.58. The van der Waals surface area contributed by atoms with Gasteiger partial charge in [-0.3, -0.25) is 0 Å². The van der Waals surface area contributed by atoms with Crippen molar-refractivity contribution in [3.63, 3.8) is 0 Å². The van der Waals surface area contributed by atoms with Crippen molar-refractivity contribution in [3.05, 3.63) is 64.7 Å². The predicted molar refractivity (Wildman–Crippen MR) is 108 cm³/mol. The van der Waals surface area contributed by atoms with Crippen molar-refractivity contribution in [2.45, 2.75) is 64.7 Å². The fourth-order valence-electron chi connectivity index (χ4n) is 3.95. The Kier molecular flexibility index (Phi) is 4.53. The number of hydrogen-bond donors (Lipinski definition) is 1. The summed E-state index contributed by atoms with van der Waals surface area (Å²) in [4.78, 5) is 0. The molecule has 0 heterocycles. The van der Waals surface area contributed by atoms with E-state index in [4.69, 9.17) is 0 Å². The second kappa shape index (κ2) is 6.37. The lowest BCUT2D eigenvalue weighted by Gasteiger charge is -2.42. The fraction of sp³-hybridized carbons (Fsp3) is 0.417. The molecule has 1 N–H and O–H groups in total. The van der Waals surface area contributed by atoms with Gasteiger partial charge in [-0.05, 0) is 70.1 Å². The van der Waals surface area contributed by atoms with Gasteiger partial charge in [-0.15, -0.1) is 0 Å². The molecule has 0 saturated heterocycles. The largest absolute Gasteiger partial charge is 0.508 e. The Labute approximate surface area is 152 Å². The zero-order valence-corrected chi connectivity index (χ0v) is 16.2. The lowest BCUT2D eigenvalue weighted by molar-refractivity contribution is 0.332. The Hall–Kier alpha value is -2.02. The summed E-state index contributed by atoms with van der Waals surface area (Å²) in [5.41, 5.74) is 7.30. The highest BCUT2D eigenvalue weighted by molar-refractivity contribution is 5.82. The van der Waals surface area contributed by atoms with Gasteiger partial charge in [-0.1, -0.05) is 71.0 Å². The summed E-state index contributed by atoms with van der Waals surface area (Å²) >= 11 is 0. The quantitative estimate of drug-likeness (QED) is 0.620.